The summed E-state index contributed by atoms with van der Waals surface area (Å²) in [6.07, 6.45) is 4.62. The minimum Gasteiger partial charge on any atom is -0.384 e. The molecule has 0 aromatic heterocycles. The molecule has 0 atom stereocenters. The molecule has 0 spiro atoms. The number of nitrogens with one attached hydrogen (secondary N) is 1. The van der Waals surface area contributed by atoms with Gasteiger partial charge >= 0.3 is 0 Å². The van der Waals surface area contributed by atoms with Crippen molar-refractivity contribution in [2.45, 2.75) is 25.7 Å². The van der Waals surface area contributed by atoms with Gasteiger partial charge < -0.3 is 10.6 Å². The van der Waals surface area contributed by atoms with Gasteiger partial charge in [-0.25, -0.2) is 0 Å². The van der Waals surface area contributed by atoms with Gasteiger partial charge in [-0.1, -0.05) is 6.07 Å². The van der Waals surface area contributed by atoms with Gasteiger partial charge in [-0.3, -0.25) is 10.2 Å². The average molecular weight is 307 g/mol. The number of anilines is 1. The number of nitrogen functional groups attached to an aromatic ring is 1. The van der Waals surface area contributed by atoms with Crippen molar-refractivity contribution >= 4 is 17.4 Å². The third-order valence-corrected chi connectivity index (χ3v) is 4.47. The lowest BCUT2D eigenvalue weighted by atomic mass is 9.90. The Balaban J connectivity index is 1.83. The van der Waals surface area contributed by atoms with Crippen LogP contribution >= 0.6 is 0 Å². The van der Waals surface area contributed by atoms with E-state index in [1.165, 1.54) is 24.0 Å². The Kier molecular flexibility index (Phi) is 4.15. The van der Waals surface area contributed by atoms with Crippen molar-refractivity contribution in [2.24, 2.45) is 5.73 Å². The number of nitrogens with zero attached hydrogens (tertiary/aromatic N) is 1. The van der Waals surface area contributed by atoms with Crippen LogP contribution in [-0.2, 0) is 12.8 Å². The molecule has 1 amide bonds. The highest BCUT2D eigenvalue weighted by molar-refractivity contribution is 6.06. The first-order chi connectivity index (χ1) is 11.1. The van der Waals surface area contributed by atoms with Gasteiger partial charge in [0, 0.05) is 23.9 Å². The number of carbonyl (C=O) groups excluding carboxylic acids is 1. The number of benzene rings is 2. The molecule has 1 aliphatic rings. The number of rotatable bonds is 3. The van der Waals surface area contributed by atoms with Gasteiger partial charge in [-0.15, -0.1) is 0 Å². The van der Waals surface area contributed by atoms with Gasteiger partial charge in [-0.2, -0.15) is 0 Å². The Morgan fingerprint density at radius 1 is 1.00 bits per heavy atom. The Hall–Kier alpha value is -2.62. The fourth-order valence-electron chi connectivity index (χ4n) is 3.04. The summed E-state index contributed by atoms with van der Waals surface area (Å²) in [5.41, 5.74) is 10.3. The maximum Gasteiger partial charge on any atom is 0.258 e. The summed E-state index contributed by atoms with van der Waals surface area (Å²) >= 11 is 0. The number of hydrogen-bond donors (Lipinski definition) is 2. The van der Waals surface area contributed by atoms with Crippen molar-refractivity contribution < 1.29 is 4.79 Å². The minimum atomic E-state index is -0.0195. The molecule has 4 nitrogen and oxygen atoms in total. The van der Waals surface area contributed by atoms with Gasteiger partial charge in [-0.05, 0) is 73.2 Å². The minimum absolute atomic E-state index is 0.0195. The van der Waals surface area contributed by atoms with Crippen molar-refractivity contribution in [3.8, 4) is 0 Å². The van der Waals surface area contributed by atoms with Gasteiger partial charge in [0.2, 0.25) is 0 Å². The summed E-state index contributed by atoms with van der Waals surface area (Å²) in [4.78, 5) is 14.3. The van der Waals surface area contributed by atoms with E-state index >= 15 is 0 Å². The molecule has 1 aliphatic carbocycles. The lowest BCUT2D eigenvalue weighted by Gasteiger charge is -2.20. The van der Waals surface area contributed by atoms with Crippen molar-refractivity contribution in [3.05, 3.63) is 64.7 Å². The molecule has 2 aromatic carbocycles. The van der Waals surface area contributed by atoms with Crippen molar-refractivity contribution in [1.82, 2.24) is 0 Å². The van der Waals surface area contributed by atoms with Gasteiger partial charge in [0.15, 0.2) is 0 Å². The summed E-state index contributed by atoms with van der Waals surface area (Å²) in [5, 5.41) is 7.42. The van der Waals surface area contributed by atoms with Crippen LogP contribution in [0.15, 0.2) is 42.5 Å². The summed E-state index contributed by atoms with van der Waals surface area (Å²) < 4.78 is 0. The fraction of sp³-hybridized carbons (Fsp3) is 0.263. The molecule has 0 saturated carbocycles. The lowest BCUT2D eigenvalue weighted by molar-refractivity contribution is 0.0993. The van der Waals surface area contributed by atoms with Crippen LogP contribution in [0.4, 0.5) is 5.69 Å². The van der Waals surface area contributed by atoms with E-state index in [0.717, 1.165) is 24.1 Å². The molecular formula is C19H21N3O. The van der Waals surface area contributed by atoms with E-state index < -0.39 is 0 Å². The summed E-state index contributed by atoms with van der Waals surface area (Å²) in [7, 11) is 1.77. The number of nitrogens with two attached hydrogens (primary N) is 1. The fourth-order valence-corrected chi connectivity index (χ4v) is 3.04. The van der Waals surface area contributed by atoms with Gasteiger partial charge in [0.05, 0.1) is 0 Å². The van der Waals surface area contributed by atoms with E-state index in [9.17, 15) is 4.79 Å². The van der Waals surface area contributed by atoms with E-state index in [1.807, 2.05) is 24.3 Å². The number of carbonyl (C=O) groups is 1. The highest BCUT2D eigenvalue weighted by Gasteiger charge is 2.16. The highest BCUT2D eigenvalue weighted by Crippen LogP contribution is 2.24. The van der Waals surface area contributed by atoms with Crippen LogP contribution < -0.4 is 10.6 Å². The summed E-state index contributed by atoms with van der Waals surface area (Å²) in [5.74, 6) is 0.00849. The van der Waals surface area contributed by atoms with E-state index in [4.69, 9.17) is 11.1 Å². The first kappa shape index (κ1) is 15.3. The van der Waals surface area contributed by atoms with Crippen LogP contribution in [0.2, 0.25) is 0 Å². The molecule has 0 saturated heterocycles. The van der Waals surface area contributed by atoms with Crippen LogP contribution in [0.3, 0.4) is 0 Å². The molecule has 118 valence electrons. The number of aryl methyl sites for hydroxylation is 2. The molecule has 3 rings (SSSR count). The Morgan fingerprint density at radius 3 is 2.26 bits per heavy atom. The quantitative estimate of drug-likeness (QED) is 0.675. The number of amides is 1. The molecule has 0 aliphatic heterocycles. The van der Waals surface area contributed by atoms with Crippen LogP contribution in [0.1, 0.15) is 39.9 Å². The second kappa shape index (κ2) is 6.24. The Labute approximate surface area is 136 Å². The number of fused-ring (bicyclic) bond motifs is 1. The van der Waals surface area contributed by atoms with E-state index in [1.54, 1.807) is 24.1 Å². The van der Waals surface area contributed by atoms with E-state index in [2.05, 4.69) is 6.07 Å². The second-order valence-electron chi connectivity index (χ2n) is 6.02. The topological polar surface area (TPSA) is 70.2 Å². The predicted octanol–water partition coefficient (Wildman–Crippen LogP) is 3.13. The zero-order chi connectivity index (χ0) is 16.4. The van der Waals surface area contributed by atoms with Gasteiger partial charge in [0.1, 0.15) is 5.84 Å². The van der Waals surface area contributed by atoms with Crippen LogP contribution in [0, 0.1) is 5.41 Å². The maximum absolute atomic E-state index is 12.7. The monoisotopic (exact) mass is 307 g/mol. The van der Waals surface area contributed by atoms with Crippen LogP contribution in [0.5, 0.6) is 0 Å². The molecule has 3 N–H and O–H groups in total. The SMILES string of the molecule is CN(C(=O)c1ccc2c(c1)CCCC2)c1ccc(C(=N)N)cc1. The average Bonchev–Trinajstić information content (AvgIpc) is 2.60. The normalized spacial score (nSPS) is 13.3. The van der Waals surface area contributed by atoms with Crippen LogP contribution in [-0.4, -0.2) is 18.8 Å². The first-order valence-electron chi connectivity index (χ1n) is 7.90. The van der Waals surface area contributed by atoms with Crippen molar-refractivity contribution in [1.29, 1.82) is 5.41 Å². The molecule has 2 aromatic rings. The standard InChI is InChI=1S/C19H21N3O/c1-22(17-10-8-14(9-11-17)18(20)21)19(23)16-7-6-13-4-2-3-5-15(13)12-16/h6-12H,2-5H2,1H3,(H3,20,21). The van der Waals surface area contributed by atoms with Crippen molar-refractivity contribution in [2.75, 3.05) is 11.9 Å². The van der Waals surface area contributed by atoms with Crippen molar-refractivity contribution in [3.63, 3.8) is 0 Å². The third-order valence-electron chi connectivity index (χ3n) is 4.47. The van der Waals surface area contributed by atoms with E-state index in [-0.39, 0.29) is 11.7 Å². The Morgan fingerprint density at radius 2 is 1.61 bits per heavy atom. The number of amidine groups is 1. The predicted molar refractivity (Wildman–Crippen MR) is 93.3 cm³/mol. The molecular weight excluding hydrogens is 286 g/mol. The smallest absolute Gasteiger partial charge is 0.258 e. The maximum atomic E-state index is 12.7. The number of hydrogen-bond acceptors (Lipinski definition) is 2. The molecule has 0 unspecified atom stereocenters. The molecule has 4 heteroatoms. The zero-order valence-electron chi connectivity index (χ0n) is 13.3. The van der Waals surface area contributed by atoms with Gasteiger partial charge in [0.25, 0.3) is 5.91 Å². The lowest BCUT2D eigenvalue weighted by Crippen LogP contribution is -2.26. The molecule has 0 bridgehead atoms. The highest BCUT2D eigenvalue weighted by atomic mass is 16.2. The first-order valence-corrected chi connectivity index (χ1v) is 7.90. The largest absolute Gasteiger partial charge is 0.384 e. The Bertz CT molecular complexity index is 750. The second-order valence-corrected chi connectivity index (χ2v) is 6.02. The summed E-state index contributed by atoms with van der Waals surface area (Å²) in [6.45, 7) is 0. The molecule has 23 heavy (non-hydrogen) atoms. The molecule has 0 fully saturated rings. The molecule has 0 radical (unpaired) electrons. The molecule has 0 heterocycles. The van der Waals surface area contributed by atoms with Crippen LogP contribution in [0.25, 0.3) is 0 Å². The summed E-state index contributed by atoms with van der Waals surface area (Å²) in [6, 6.07) is 13.2. The third kappa shape index (κ3) is 3.11. The zero-order valence-corrected chi connectivity index (χ0v) is 13.3. The van der Waals surface area contributed by atoms with E-state index in [0.29, 0.717) is 5.56 Å².